The summed E-state index contributed by atoms with van der Waals surface area (Å²) in [7, 11) is 0. The average Bonchev–Trinajstić information content (AvgIpc) is 3.49. The van der Waals surface area contributed by atoms with Crippen LogP contribution in [0.3, 0.4) is 0 Å². The molecule has 34 heavy (non-hydrogen) atoms. The Kier molecular flexibility index (Phi) is 5.86. The first-order valence-corrected chi connectivity index (χ1v) is 11.3. The van der Waals surface area contributed by atoms with Gasteiger partial charge in [-0.05, 0) is 38.0 Å². The van der Waals surface area contributed by atoms with Crippen molar-refractivity contribution in [3.8, 4) is 11.4 Å². The van der Waals surface area contributed by atoms with Crippen LogP contribution in [0.25, 0.3) is 11.4 Å². The zero-order valence-corrected chi connectivity index (χ0v) is 18.8. The molecule has 0 radical (unpaired) electrons. The Balaban J connectivity index is 1.28. The van der Waals surface area contributed by atoms with Gasteiger partial charge in [-0.25, -0.2) is 9.97 Å². The molecule has 1 N–H and O–H groups in total. The van der Waals surface area contributed by atoms with Gasteiger partial charge in [-0.1, -0.05) is 5.16 Å². The fraction of sp³-hybridized carbons (Fsp3) is 0.333. The smallest absolute Gasteiger partial charge is 0.340 e. The highest BCUT2D eigenvalue weighted by Gasteiger charge is 2.38. The molecule has 0 unspecified atom stereocenters. The highest BCUT2D eigenvalue weighted by Crippen LogP contribution is 2.31. The first kappa shape index (κ1) is 22.2. The lowest BCUT2D eigenvalue weighted by Gasteiger charge is -2.32. The number of halogens is 3. The largest absolute Gasteiger partial charge is 0.471 e. The summed E-state index contributed by atoms with van der Waals surface area (Å²) in [5.74, 6) is -0.116. The van der Waals surface area contributed by atoms with E-state index in [-0.39, 0.29) is 11.7 Å². The summed E-state index contributed by atoms with van der Waals surface area (Å²) < 4.78 is 42.4. The summed E-state index contributed by atoms with van der Waals surface area (Å²) in [4.78, 5) is 24.5. The van der Waals surface area contributed by atoms with E-state index < -0.39 is 12.1 Å². The van der Waals surface area contributed by atoms with Crippen LogP contribution in [0.4, 0.5) is 30.1 Å². The van der Waals surface area contributed by atoms with Crippen LogP contribution < -0.4 is 10.2 Å². The van der Waals surface area contributed by atoms with Crippen LogP contribution in [0.1, 0.15) is 35.2 Å². The number of aromatic nitrogens is 6. The molecule has 1 saturated heterocycles. The molecule has 0 spiro atoms. The first-order valence-electron chi connectivity index (χ1n) is 10.5. The van der Waals surface area contributed by atoms with E-state index >= 15 is 0 Å². The number of alkyl halides is 3. The minimum atomic E-state index is -4.68. The third-order valence-corrected chi connectivity index (χ3v) is 6.16. The number of rotatable bonds is 5. The molecule has 4 aromatic rings. The van der Waals surface area contributed by atoms with E-state index in [2.05, 4.69) is 44.8 Å². The maximum atomic E-state index is 12.7. The average molecular weight is 488 g/mol. The minimum absolute atomic E-state index is 0.126. The Labute approximate surface area is 196 Å². The molecule has 5 rings (SSSR count). The highest BCUT2D eigenvalue weighted by atomic mass is 32.1. The Morgan fingerprint density at radius 1 is 1.12 bits per heavy atom. The Morgan fingerprint density at radius 2 is 2.00 bits per heavy atom. The van der Waals surface area contributed by atoms with Crippen LogP contribution in [0.5, 0.6) is 0 Å². The summed E-state index contributed by atoms with van der Waals surface area (Å²) in [6.45, 7) is 3.48. The fourth-order valence-electron chi connectivity index (χ4n) is 3.73. The molecule has 1 fully saturated rings. The van der Waals surface area contributed by atoms with Crippen molar-refractivity contribution in [2.45, 2.75) is 31.9 Å². The number of pyridine rings is 1. The van der Waals surface area contributed by atoms with Crippen molar-refractivity contribution in [3.63, 3.8) is 0 Å². The molecule has 0 aromatic carbocycles. The standard InChI is InChI=1S/C21H19F3N8OS/c1-12-9-27-20(34-12)29-16-6-7-25-19(28-16)32-8-2-3-14(11-32)15-5-4-13(10-26-15)17-30-18(33-31-17)21(22,23)24/h4-7,9-10,14H,2-3,8,11H2,1H3,(H,25,27,28,29)/t14-/m0/s1. The van der Waals surface area contributed by atoms with Gasteiger partial charge in [0, 0.05) is 53.7 Å². The lowest BCUT2D eigenvalue weighted by atomic mass is 9.94. The van der Waals surface area contributed by atoms with Crippen molar-refractivity contribution in [1.82, 2.24) is 30.1 Å². The van der Waals surface area contributed by atoms with Crippen LogP contribution in [0.2, 0.25) is 0 Å². The topological polar surface area (TPSA) is 106 Å². The predicted molar refractivity (Wildman–Crippen MR) is 119 cm³/mol. The van der Waals surface area contributed by atoms with E-state index in [1.54, 1.807) is 41.9 Å². The second kappa shape index (κ2) is 8.97. The van der Waals surface area contributed by atoms with Crippen LogP contribution in [0.15, 0.2) is 41.3 Å². The monoisotopic (exact) mass is 488 g/mol. The second-order valence-corrected chi connectivity index (χ2v) is 9.06. The van der Waals surface area contributed by atoms with Gasteiger partial charge in [-0.3, -0.25) is 4.98 Å². The lowest BCUT2D eigenvalue weighted by molar-refractivity contribution is -0.159. The number of hydrogen-bond acceptors (Lipinski definition) is 10. The van der Waals surface area contributed by atoms with Gasteiger partial charge < -0.3 is 14.7 Å². The molecule has 0 aliphatic carbocycles. The Bertz CT molecular complexity index is 1270. The van der Waals surface area contributed by atoms with Gasteiger partial charge >= 0.3 is 12.1 Å². The highest BCUT2D eigenvalue weighted by molar-refractivity contribution is 7.15. The van der Waals surface area contributed by atoms with E-state index in [9.17, 15) is 13.2 Å². The molecule has 9 nitrogen and oxygen atoms in total. The van der Waals surface area contributed by atoms with Gasteiger partial charge in [0.25, 0.3) is 0 Å². The normalized spacial score (nSPS) is 16.6. The summed E-state index contributed by atoms with van der Waals surface area (Å²) in [5, 5.41) is 7.38. The zero-order chi connectivity index (χ0) is 23.7. The zero-order valence-electron chi connectivity index (χ0n) is 18.0. The molecule has 1 aliphatic heterocycles. The molecule has 4 aromatic heterocycles. The number of thiazole rings is 1. The van der Waals surface area contributed by atoms with Gasteiger partial charge in [0.15, 0.2) is 5.13 Å². The number of anilines is 3. The van der Waals surface area contributed by atoms with E-state index in [0.29, 0.717) is 23.9 Å². The first-order chi connectivity index (χ1) is 16.3. The molecule has 13 heteroatoms. The Morgan fingerprint density at radius 3 is 2.71 bits per heavy atom. The van der Waals surface area contributed by atoms with Crippen molar-refractivity contribution < 1.29 is 17.7 Å². The molecule has 0 saturated carbocycles. The predicted octanol–water partition coefficient (Wildman–Crippen LogP) is 4.83. The number of piperidine rings is 1. The van der Waals surface area contributed by atoms with E-state index in [1.165, 1.54) is 6.20 Å². The summed E-state index contributed by atoms with van der Waals surface area (Å²) >= 11 is 1.55. The molecular formula is C21H19F3N8OS. The molecule has 1 aliphatic rings. The number of nitrogens with zero attached hydrogens (tertiary/aromatic N) is 7. The second-order valence-electron chi connectivity index (χ2n) is 7.82. The quantitative estimate of drug-likeness (QED) is 0.423. The van der Waals surface area contributed by atoms with Crippen LogP contribution in [-0.2, 0) is 6.18 Å². The maximum absolute atomic E-state index is 12.7. The summed E-state index contributed by atoms with van der Waals surface area (Å²) in [6, 6.07) is 5.24. The van der Waals surface area contributed by atoms with E-state index in [1.807, 2.05) is 6.92 Å². The number of nitrogens with one attached hydrogen (secondary N) is 1. The van der Waals surface area contributed by atoms with Gasteiger partial charge in [-0.2, -0.15) is 23.1 Å². The van der Waals surface area contributed by atoms with Gasteiger partial charge in [0.1, 0.15) is 5.82 Å². The van der Waals surface area contributed by atoms with Crippen molar-refractivity contribution >= 4 is 28.2 Å². The molecule has 1 atom stereocenters. The lowest BCUT2D eigenvalue weighted by Crippen LogP contribution is -2.35. The van der Waals surface area contributed by atoms with Crippen LogP contribution in [-0.4, -0.2) is 43.2 Å². The molecule has 176 valence electrons. The number of aryl methyl sites for hydroxylation is 1. The fourth-order valence-corrected chi connectivity index (χ4v) is 4.40. The SMILES string of the molecule is Cc1cnc(Nc2ccnc(N3CCC[C@H](c4ccc(-c5noc(C(F)(F)F)n5)cn4)C3)n2)s1. The third-order valence-electron chi connectivity index (χ3n) is 5.33. The van der Waals surface area contributed by atoms with Crippen molar-refractivity contribution in [2.75, 3.05) is 23.3 Å². The minimum Gasteiger partial charge on any atom is -0.340 e. The molecule has 0 bridgehead atoms. The van der Waals surface area contributed by atoms with Gasteiger partial charge in [0.05, 0.1) is 0 Å². The Hall–Kier alpha value is -3.61. The van der Waals surface area contributed by atoms with Gasteiger partial charge in [0.2, 0.25) is 11.8 Å². The molecule has 0 amide bonds. The molecule has 5 heterocycles. The van der Waals surface area contributed by atoms with Crippen LogP contribution in [0, 0.1) is 6.92 Å². The van der Waals surface area contributed by atoms with E-state index in [0.717, 1.165) is 35.1 Å². The summed E-state index contributed by atoms with van der Waals surface area (Å²) in [5.41, 5.74) is 1.19. The van der Waals surface area contributed by atoms with E-state index in [4.69, 9.17) is 0 Å². The van der Waals surface area contributed by atoms with Crippen molar-refractivity contribution in [3.05, 3.63) is 53.3 Å². The number of hydrogen-bond donors (Lipinski definition) is 1. The van der Waals surface area contributed by atoms with Crippen molar-refractivity contribution in [2.24, 2.45) is 0 Å². The summed E-state index contributed by atoms with van der Waals surface area (Å²) in [6.07, 6.45) is 2.16. The molecular weight excluding hydrogens is 469 g/mol. The third kappa shape index (κ3) is 4.83. The van der Waals surface area contributed by atoms with Crippen LogP contribution >= 0.6 is 11.3 Å². The van der Waals surface area contributed by atoms with Gasteiger partial charge in [-0.15, -0.1) is 11.3 Å². The maximum Gasteiger partial charge on any atom is 0.471 e. The van der Waals surface area contributed by atoms with Crippen molar-refractivity contribution in [1.29, 1.82) is 0 Å².